The van der Waals surface area contributed by atoms with Crippen LogP contribution < -0.4 is 19.6 Å². The Labute approximate surface area is 222 Å². The van der Waals surface area contributed by atoms with Gasteiger partial charge < -0.3 is 18.6 Å². The summed E-state index contributed by atoms with van der Waals surface area (Å²) in [5.41, 5.74) is 4.76. The minimum atomic E-state index is -0.468. The molecule has 7 nitrogen and oxygen atoms in total. The van der Waals surface area contributed by atoms with E-state index in [4.69, 9.17) is 30.2 Å². The molecule has 0 saturated heterocycles. The lowest BCUT2D eigenvalue weighted by atomic mass is 10.2. The molecule has 4 rings (SSSR count). The van der Waals surface area contributed by atoms with E-state index in [1.54, 1.807) is 30.3 Å². The Balaban J connectivity index is 1.45. The Kier molecular flexibility index (Phi) is 8.51. The number of ether oxygens (including phenoxy) is 3. The Morgan fingerprint density at radius 1 is 1.00 bits per heavy atom. The van der Waals surface area contributed by atoms with Crippen molar-refractivity contribution in [3.63, 3.8) is 0 Å². The van der Waals surface area contributed by atoms with Crippen LogP contribution in [0.25, 0.3) is 11.0 Å². The van der Waals surface area contributed by atoms with Crippen LogP contribution in [0, 0.1) is 0 Å². The number of hydrazone groups is 1. The number of nitrogens with zero attached hydrogens (tertiary/aromatic N) is 1. The summed E-state index contributed by atoms with van der Waals surface area (Å²) in [4.78, 5) is 12.6. The third-order valence-electron chi connectivity index (χ3n) is 5.06. The predicted molar refractivity (Wildman–Crippen MR) is 144 cm³/mol. The van der Waals surface area contributed by atoms with Gasteiger partial charge >= 0.3 is 5.91 Å². The van der Waals surface area contributed by atoms with E-state index < -0.39 is 5.91 Å². The van der Waals surface area contributed by atoms with Crippen molar-refractivity contribution >= 4 is 50.6 Å². The zero-order chi connectivity index (χ0) is 25.5. The lowest BCUT2D eigenvalue weighted by Gasteiger charge is -2.14. The van der Waals surface area contributed by atoms with Crippen LogP contribution in [0.15, 0.2) is 74.7 Å². The number of benzene rings is 3. The summed E-state index contributed by atoms with van der Waals surface area (Å²) >= 11 is 9.48. The SMILES string of the molecule is CCOc1ccc2oc(C(=O)N/N=C/c3cc(OCC)c(OCc4ccc(Cl)cc4)cc3Br)cc2c1. The second kappa shape index (κ2) is 12.0. The Bertz CT molecular complexity index is 1390. The Morgan fingerprint density at radius 2 is 1.75 bits per heavy atom. The fourth-order valence-electron chi connectivity index (χ4n) is 3.38. The zero-order valence-corrected chi connectivity index (χ0v) is 22.1. The molecule has 0 bridgehead atoms. The van der Waals surface area contributed by atoms with E-state index in [0.29, 0.717) is 53.2 Å². The molecule has 3 aromatic carbocycles. The minimum Gasteiger partial charge on any atom is -0.494 e. The summed E-state index contributed by atoms with van der Waals surface area (Å²) in [5.74, 6) is 1.53. The third-order valence-corrected chi connectivity index (χ3v) is 6.00. The standard InChI is InChI=1S/C27H24BrClN2O5/c1-3-33-21-9-10-23-18(11-21)12-26(36-23)27(32)31-30-15-19-13-24(34-4-2)25(14-22(19)28)35-16-17-5-7-20(29)8-6-17/h5-15H,3-4,16H2,1-2H3,(H,31,32)/b30-15+. The van der Waals surface area contributed by atoms with Crippen LogP contribution in [0.1, 0.15) is 35.5 Å². The molecule has 36 heavy (non-hydrogen) atoms. The number of nitrogens with one attached hydrogen (secondary N) is 1. The fraction of sp³-hybridized carbons (Fsp3) is 0.185. The van der Waals surface area contributed by atoms with E-state index >= 15 is 0 Å². The highest BCUT2D eigenvalue weighted by molar-refractivity contribution is 9.10. The van der Waals surface area contributed by atoms with Crippen LogP contribution in [0.4, 0.5) is 0 Å². The molecular weight excluding hydrogens is 548 g/mol. The monoisotopic (exact) mass is 570 g/mol. The van der Waals surface area contributed by atoms with Crippen molar-refractivity contribution < 1.29 is 23.4 Å². The number of rotatable bonds is 10. The van der Waals surface area contributed by atoms with E-state index in [2.05, 4.69) is 26.5 Å². The van der Waals surface area contributed by atoms with Gasteiger partial charge in [0.1, 0.15) is 17.9 Å². The van der Waals surface area contributed by atoms with Crippen LogP contribution in [0.3, 0.4) is 0 Å². The first-order valence-corrected chi connectivity index (χ1v) is 12.5. The molecule has 1 aromatic heterocycles. The van der Waals surface area contributed by atoms with Crippen molar-refractivity contribution in [2.75, 3.05) is 13.2 Å². The second-order valence-corrected chi connectivity index (χ2v) is 8.90. The predicted octanol–water partition coefficient (Wildman–Crippen LogP) is 6.99. The summed E-state index contributed by atoms with van der Waals surface area (Å²) in [7, 11) is 0. The summed E-state index contributed by atoms with van der Waals surface area (Å²) < 4.78 is 23.6. The maximum Gasteiger partial charge on any atom is 0.307 e. The molecule has 186 valence electrons. The molecule has 0 unspecified atom stereocenters. The lowest BCUT2D eigenvalue weighted by Crippen LogP contribution is -2.16. The van der Waals surface area contributed by atoms with Gasteiger partial charge in [0.15, 0.2) is 17.3 Å². The first kappa shape index (κ1) is 25.6. The van der Waals surface area contributed by atoms with E-state index in [-0.39, 0.29) is 5.76 Å². The van der Waals surface area contributed by atoms with Gasteiger partial charge in [-0.25, -0.2) is 5.43 Å². The highest BCUT2D eigenvalue weighted by atomic mass is 79.9. The highest BCUT2D eigenvalue weighted by Crippen LogP contribution is 2.34. The maximum atomic E-state index is 12.6. The van der Waals surface area contributed by atoms with Gasteiger partial charge in [0, 0.05) is 20.4 Å². The van der Waals surface area contributed by atoms with E-state index in [0.717, 1.165) is 15.4 Å². The van der Waals surface area contributed by atoms with E-state index in [1.807, 2.05) is 44.2 Å². The van der Waals surface area contributed by atoms with Gasteiger partial charge in [0.2, 0.25) is 0 Å². The molecule has 0 aliphatic rings. The average molecular weight is 572 g/mol. The van der Waals surface area contributed by atoms with Gasteiger partial charge in [0.25, 0.3) is 0 Å². The third kappa shape index (κ3) is 6.38. The van der Waals surface area contributed by atoms with Gasteiger partial charge in [0.05, 0.1) is 19.4 Å². The smallest absolute Gasteiger partial charge is 0.307 e. The topological polar surface area (TPSA) is 82.3 Å². The van der Waals surface area contributed by atoms with Crippen LogP contribution in [0.5, 0.6) is 17.2 Å². The van der Waals surface area contributed by atoms with Crippen LogP contribution >= 0.6 is 27.5 Å². The van der Waals surface area contributed by atoms with Gasteiger partial charge in [-0.15, -0.1) is 0 Å². The van der Waals surface area contributed by atoms with Gasteiger partial charge in [-0.2, -0.15) is 5.10 Å². The Hall–Kier alpha value is -3.49. The fourth-order valence-corrected chi connectivity index (χ4v) is 3.93. The molecule has 0 saturated carbocycles. The first-order chi connectivity index (χ1) is 17.5. The summed E-state index contributed by atoms with van der Waals surface area (Å²) in [6.45, 7) is 5.18. The summed E-state index contributed by atoms with van der Waals surface area (Å²) in [6, 6.07) is 18.1. The number of carbonyl (C=O) groups excluding carboxylic acids is 1. The van der Waals surface area contributed by atoms with Crippen molar-refractivity contribution in [1.82, 2.24) is 5.43 Å². The van der Waals surface area contributed by atoms with Crippen LogP contribution in [-0.4, -0.2) is 25.3 Å². The molecule has 0 atom stereocenters. The number of amides is 1. The normalized spacial score (nSPS) is 11.1. The van der Waals surface area contributed by atoms with Crippen molar-refractivity contribution in [3.8, 4) is 17.2 Å². The number of hydrogen-bond donors (Lipinski definition) is 1. The molecule has 0 spiro atoms. The van der Waals surface area contributed by atoms with E-state index in [1.165, 1.54) is 6.21 Å². The lowest BCUT2D eigenvalue weighted by molar-refractivity contribution is 0.0929. The van der Waals surface area contributed by atoms with Crippen LogP contribution in [-0.2, 0) is 6.61 Å². The number of hydrogen-bond acceptors (Lipinski definition) is 6. The van der Waals surface area contributed by atoms with Crippen molar-refractivity contribution in [3.05, 3.63) is 87.0 Å². The number of halogens is 2. The van der Waals surface area contributed by atoms with Crippen molar-refractivity contribution in [2.45, 2.75) is 20.5 Å². The quantitative estimate of drug-likeness (QED) is 0.164. The summed E-state index contributed by atoms with van der Waals surface area (Å²) in [6.07, 6.45) is 1.52. The molecule has 1 N–H and O–H groups in total. The largest absolute Gasteiger partial charge is 0.494 e. The van der Waals surface area contributed by atoms with Crippen molar-refractivity contribution in [2.24, 2.45) is 5.10 Å². The molecule has 4 aromatic rings. The zero-order valence-electron chi connectivity index (χ0n) is 19.7. The van der Waals surface area contributed by atoms with Gasteiger partial charge in [-0.05, 0) is 83.9 Å². The van der Waals surface area contributed by atoms with Crippen LogP contribution in [0.2, 0.25) is 5.02 Å². The number of fused-ring (bicyclic) bond motifs is 1. The molecule has 1 amide bonds. The average Bonchev–Trinajstić information content (AvgIpc) is 3.30. The van der Waals surface area contributed by atoms with E-state index in [9.17, 15) is 4.79 Å². The molecular formula is C27H24BrClN2O5. The maximum absolute atomic E-state index is 12.6. The minimum absolute atomic E-state index is 0.149. The van der Waals surface area contributed by atoms with Gasteiger partial charge in [-0.3, -0.25) is 4.79 Å². The van der Waals surface area contributed by atoms with Crippen molar-refractivity contribution in [1.29, 1.82) is 0 Å². The number of furan rings is 1. The first-order valence-electron chi connectivity index (χ1n) is 11.3. The summed E-state index contributed by atoms with van der Waals surface area (Å²) in [5, 5.41) is 5.52. The second-order valence-electron chi connectivity index (χ2n) is 7.61. The molecule has 9 heteroatoms. The van der Waals surface area contributed by atoms with Gasteiger partial charge in [-0.1, -0.05) is 23.7 Å². The number of carbonyl (C=O) groups is 1. The molecule has 0 aliphatic carbocycles. The highest BCUT2D eigenvalue weighted by Gasteiger charge is 2.13. The molecule has 0 fully saturated rings. The Morgan fingerprint density at radius 3 is 2.50 bits per heavy atom. The molecule has 0 radical (unpaired) electrons. The molecule has 1 heterocycles. The molecule has 0 aliphatic heterocycles.